The van der Waals surface area contributed by atoms with E-state index in [-0.39, 0.29) is 6.42 Å². The van der Waals surface area contributed by atoms with Gasteiger partial charge in [-0.2, -0.15) is 13.2 Å². The molecule has 120 valence electrons. The lowest BCUT2D eigenvalue weighted by Gasteiger charge is -2.16. The third-order valence-corrected chi connectivity index (χ3v) is 3.17. The van der Waals surface area contributed by atoms with Crippen LogP contribution in [0.5, 0.6) is 0 Å². The number of hydrogen-bond acceptors (Lipinski definition) is 5. The summed E-state index contributed by atoms with van der Waals surface area (Å²) in [5.41, 5.74) is 4.19. The van der Waals surface area contributed by atoms with E-state index in [4.69, 9.17) is 15.4 Å². The largest absolute Gasteiger partial charge is 0.423 e. The molecule has 1 unspecified atom stereocenters. The van der Waals surface area contributed by atoms with E-state index in [0.29, 0.717) is 10.8 Å². The molecule has 2 N–H and O–H groups in total. The van der Waals surface area contributed by atoms with Crippen molar-refractivity contribution < 1.29 is 23.0 Å². The van der Waals surface area contributed by atoms with Crippen LogP contribution in [-0.2, 0) is 10.9 Å². The number of alkyl halides is 3. The van der Waals surface area contributed by atoms with E-state index in [1.807, 2.05) is 0 Å². The van der Waals surface area contributed by atoms with E-state index >= 15 is 0 Å². The standard InChI is InChI=1S/C10H10F3N5O4/c11-10(12,13)4-2-18(9(21)15-8(4)20)7-1-5(16-17-14)6(3-19)22-7/h2,5-7,19H,1,3H2,(H,15,20,21)/t5?,6-,7-/m1/s1. The fraction of sp³-hybridized carbons (Fsp3) is 0.600. The van der Waals surface area contributed by atoms with Gasteiger partial charge in [0.05, 0.1) is 18.8 Å². The Balaban J connectivity index is 2.44. The van der Waals surface area contributed by atoms with Gasteiger partial charge in [0, 0.05) is 17.5 Å². The number of azide groups is 1. The van der Waals surface area contributed by atoms with E-state index in [0.717, 1.165) is 0 Å². The number of aromatic nitrogens is 2. The topological polar surface area (TPSA) is 133 Å². The summed E-state index contributed by atoms with van der Waals surface area (Å²) >= 11 is 0. The number of aliphatic hydroxyl groups is 1. The fourth-order valence-corrected chi connectivity index (χ4v) is 2.14. The molecule has 12 heteroatoms. The summed E-state index contributed by atoms with van der Waals surface area (Å²) in [6.45, 7) is -0.537. The molecule has 1 aliphatic rings. The van der Waals surface area contributed by atoms with Crippen LogP contribution in [0, 0.1) is 0 Å². The molecule has 1 aliphatic heterocycles. The van der Waals surface area contributed by atoms with Crippen molar-refractivity contribution in [3.8, 4) is 0 Å². The Labute approximate surface area is 119 Å². The lowest BCUT2D eigenvalue weighted by atomic mass is 10.1. The van der Waals surface area contributed by atoms with Gasteiger partial charge in [-0.25, -0.2) is 4.79 Å². The second-order valence-electron chi connectivity index (χ2n) is 4.53. The van der Waals surface area contributed by atoms with Gasteiger partial charge in [0.1, 0.15) is 11.8 Å². The molecule has 1 aromatic rings. The number of hydrogen-bond donors (Lipinski definition) is 2. The molecule has 0 spiro atoms. The first-order valence-corrected chi connectivity index (χ1v) is 6.01. The second-order valence-corrected chi connectivity index (χ2v) is 4.53. The normalized spacial score (nSPS) is 25.0. The summed E-state index contributed by atoms with van der Waals surface area (Å²) in [7, 11) is 0. The van der Waals surface area contributed by atoms with Crippen LogP contribution in [0.15, 0.2) is 20.9 Å². The van der Waals surface area contributed by atoms with Gasteiger partial charge in [-0.15, -0.1) is 0 Å². The van der Waals surface area contributed by atoms with Gasteiger partial charge in [0.15, 0.2) is 0 Å². The van der Waals surface area contributed by atoms with Crippen LogP contribution in [0.2, 0.25) is 0 Å². The first-order chi connectivity index (χ1) is 10.3. The molecule has 2 rings (SSSR count). The highest BCUT2D eigenvalue weighted by Crippen LogP contribution is 2.31. The number of aromatic amines is 1. The van der Waals surface area contributed by atoms with Crippen molar-refractivity contribution in [1.82, 2.24) is 9.55 Å². The number of rotatable bonds is 3. The van der Waals surface area contributed by atoms with Crippen molar-refractivity contribution in [2.45, 2.75) is 31.0 Å². The first kappa shape index (κ1) is 16.1. The maximum absolute atomic E-state index is 12.7. The SMILES string of the molecule is [N-]=[N+]=NC1C[C@H](n2cc(C(F)(F)F)c(=O)[nH]c2=O)O[C@@H]1CO. The van der Waals surface area contributed by atoms with Crippen LogP contribution in [0.4, 0.5) is 13.2 Å². The zero-order valence-electron chi connectivity index (χ0n) is 10.8. The van der Waals surface area contributed by atoms with E-state index in [1.54, 1.807) is 4.98 Å². The predicted octanol–water partition coefficient (Wildman–Crippen LogP) is 0.514. The molecule has 0 saturated carbocycles. The minimum atomic E-state index is -4.94. The minimum Gasteiger partial charge on any atom is -0.394 e. The lowest BCUT2D eigenvalue weighted by Crippen LogP contribution is -2.36. The first-order valence-electron chi connectivity index (χ1n) is 6.01. The average molecular weight is 321 g/mol. The molecule has 3 atom stereocenters. The summed E-state index contributed by atoms with van der Waals surface area (Å²) in [4.78, 5) is 27.0. The van der Waals surface area contributed by atoms with Crippen molar-refractivity contribution in [1.29, 1.82) is 0 Å². The number of nitrogens with zero attached hydrogens (tertiary/aromatic N) is 4. The summed E-state index contributed by atoms with van der Waals surface area (Å²) in [5.74, 6) is 0. The minimum absolute atomic E-state index is 0.113. The summed E-state index contributed by atoms with van der Waals surface area (Å²) in [6.07, 6.45) is -6.85. The Morgan fingerprint density at radius 1 is 1.55 bits per heavy atom. The molecular formula is C10H10F3N5O4. The maximum Gasteiger partial charge on any atom is 0.423 e. The zero-order valence-corrected chi connectivity index (χ0v) is 10.8. The summed E-state index contributed by atoms with van der Waals surface area (Å²) in [5, 5.41) is 12.4. The van der Waals surface area contributed by atoms with Crippen LogP contribution in [-0.4, -0.2) is 33.4 Å². The highest BCUT2D eigenvalue weighted by atomic mass is 19.4. The Morgan fingerprint density at radius 2 is 2.23 bits per heavy atom. The number of halogens is 3. The molecule has 0 bridgehead atoms. The number of nitrogens with one attached hydrogen (secondary N) is 1. The van der Waals surface area contributed by atoms with Crippen molar-refractivity contribution in [2.75, 3.05) is 6.61 Å². The average Bonchev–Trinajstić information content (AvgIpc) is 2.80. The Bertz CT molecular complexity index is 720. The number of ether oxygens (including phenoxy) is 1. The van der Waals surface area contributed by atoms with Crippen molar-refractivity contribution in [3.05, 3.63) is 43.0 Å². The molecule has 0 aliphatic carbocycles. The Kier molecular flexibility index (Phi) is 4.26. The van der Waals surface area contributed by atoms with Gasteiger partial charge < -0.3 is 9.84 Å². The highest BCUT2D eigenvalue weighted by Gasteiger charge is 2.39. The third kappa shape index (κ3) is 2.98. The smallest absolute Gasteiger partial charge is 0.394 e. The lowest BCUT2D eigenvalue weighted by molar-refractivity contribution is -0.139. The molecule has 0 amide bonds. The van der Waals surface area contributed by atoms with Crippen LogP contribution in [0.3, 0.4) is 0 Å². The van der Waals surface area contributed by atoms with Crippen LogP contribution in [0.1, 0.15) is 18.2 Å². The fourth-order valence-electron chi connectivity index (χ4n) is 2.14. The van der Waals surface area contributed by atoms with Crippen molar-refractivity contribution >= 4 is 0 Å². The van der Waals surface area contributed by atoms with Gasteiger partial charge in [-0.1, -0.05) is 5.11 Å². The Hall–Kier alpha value is -2.30. The molecule has 22 heavy (non-hydrogen) atoms. The molecule has 2 heterocycles. The van der Waals surface area contributed by atoms with E-state index in [1.165, 1.54) is 0 Å². The number of H-pyrrole nitrogens is 1. The molecule has 0 aromatic carbocycles. The van der Waals surface area contributed by atoms with Gasteiger partial charge in [0.2, 0.25) is 0 Å². The van der Waals surface area contributed by atoms with Gasteiger partial charge in [0.25, 0.3) is 5.56 Å². The Morgan fingerprint density at radius 3 is 2.77 bits per heavy atom. The van der Waals surface area contributed by atoms with Gasteiger partial charge >= 0.3 is 11.9 Å². The third-order valence-electron chi connectivity index (χ3n) is 3.17. The molecular weight excluding hydrogens is 311 g/mol. The molecule has 0 radical (unpaired) electrons. The second kappa shape index (κ2) is 5.83. The monoisotopic (exact) mass is 321 g/mol. The highest BCUT2D eigenvalue weighted by molar-refractivity contribution is 5.09. The van der Waals surface area contributed by atoms with E-state index in [2.05, 4.69) is 10.0 Å². The summed E-state index contributed by atoms with van der Waals surface area (Å²) < 4.78 is 43.9. The van der Waals surface area contributed by atoms with Crippen LogP contribution in [0.25, 0.3) is 10.4 Å². The zero-order chi connectivity index (χ0) is 16.5. The molecule has 1 saturated heterocycles. The molecule has 9 nitrogen and oxygen atoms in total. The maximum atomic E-state index is 12.7. The summed E-state index contributed by atoms with van der Waals surface area (Å²) in [6, 6.07) is -0.840. The number of aliphatic hydroxyl groups excluding tert-OH is 1. The van der Waals surface area contributed by atoms with Gasteiger partial charge in [-0.3, -0.25) is 14.3 Å². The molecule has 1 aromatic heterocycles. The predicted molar refractivity (Wildman–Crippen MR) is 64.9 cm³/mol. The van der Waals surface area contributed by atoms with Crippen molar-refractivity contribution in [2.24, 2.45) is 5.11 Å². The molecule has 1 fully saturated rings. The van der Waals surface area contributed by atoms with Gasteiger partial charge in [-0.05, 0) is 5.53 Å². The van der Waals surface area contributed by atoms with Crippen molar-refractivity contribution in [3.63, 3.8) is 0 Å². The van der Waals surface area contributed by atoms with E-state index in [9.17, 15) is 22.8 Å². The quantitative estimate of drug-likeness (QED) is 0.476. The van der Waals surface area contributed by atoms with Crippen LogP contribution < -0.4 is 11.2 Å². The van der Waals surface area contributed by atoms with E-state index < -0.39 is 48.0 Å². The van der Waals surface area contributed by atoms with Crippen LogP contribution >= 0.6 is 0 Å².